The molecule has 2 saturated heterocycles. The molecule has 0 unspecified atom stereocenters. The Labute approximate surface area is 138 Å². The largest absolute Gasteiger partial charge is 0.469 e. The first kappa shape index (κ1) is 17.6. The Hall–Kier alpha value is -1.79. The van der Waals surface area contributed by atoms with Gasteiger partial charge in [0.25, 0.3) is 0 Å². The van der Waals surface area contributed by atoms with Gasteiger partial charge in [0.2, 0.25) is 5.91 Å². The molecule has 7 nitrogen and oxygen atoms in total. The molecular formula is C16H28N4O3. The summed E-state index contributed by atoms with van der Waals surface area (Å²) in [5, 5.41) is 3.25. The summed E-state index contributed by atoms with van der Waals surface area (Å²) in [6.45, 7) is 6.18. The summed E-state index contributed by atoms with van der Waals surface area (Å²) in [5.41, 5.74) is 0. The first-order valence-electron chi connectivity index (χ1n) is 8.54. The van der Waals surface area contributed by atoms with E-state index in [0.29, 0.717) is 0 Å². The lowest BCUT2D eigenvalue weighted by molar-refractivity contribution is -0.146. The molecule has 0 aromatic heterocycles. The van der Waals surface area contributed by atoms with E-state index < -0.39 is 0 Å². The fourth-order valence-electron chi connectivity index (χ4n) is 3.13. The average Bonchev–Trinajstić information content (AvgIpc) is 3.12. The maximum Gasteiger partial charge on any atom is 0.308 e. The number of likely N-dealkylation sites (tertiary alicyclic amines) is 2. The van der Waals surface area contributed by atoms with Crippen molar-refractivity contribution in [1.82, 2.24) is 15.1 Å². The van der Waals surface area contributed by atoms with E-state index >= 15 is 0 Å². The molecule has 2 fully saturated rings. The number of carbonyl (C=O) groups excluding carboxylic acids is 2. The van der Waals surface area contributed by atoms with Gasteiger partial charge in [-0.3, -0.25) is 9.59 Å². The fourth-order valence-corrected chi connectivity index (χ4v) is 3.13. The van der Waals surface area contributed by atoms with Crippen molar-refractivity contribution >= 4 is 17.8 Å². The van der Waals surface area contributed by atoms with Crippen LogP contribution in [0.2, 0.25) is 0 Å². The number of esters is 1. The molecule has 1 amide bonds. The summed E-state index contributed by atoms with van der Waals surface area (Å²) in [4.78, 5) is 32.2. The molecule has 0 radical (unpaired) electrons. The van der Waals surface area contributed by atoms with E-state index in [2.05, 4.69) is 15.2 Å². The van der Waals surface area contributed by atoms with Gasteiger partial charge >= 0.3 is 5.97 Å². The van der Waals surface area contributed by atoms with Gasteiger partial charge in [0.05, 0.1) is 13.0 Å². The zero-order valence-electron chi connectivity index (χ0n) is 14.2. The van der Waals surface area contributed by atoms with Crippen molar-refractivity contribution in [2.75, 3.05) is 46.4 Å². The number of hydrogen-bond donors (Lipinski definition) is 1. The number of amides is 1. The van der Waals surface area contributed by atoms with Gasteiger partial charge in [-0.05, 0) is 32.6 Å². The van der Waals surface area contributed by atoms with Crippen LogP contribution < -0.4 is 5.32 Å². The topological polar surface area (TPSA) is 74.2 Å². The average molecular weight is 324 g/mol. The number of methoxy groups -OCH3 is 1. The highest BCUT2D eigenvalue weighted by molar-refractivity contribution is 5.85. The first-order valence-corrected chi connectivity index (χ1v) is 8.54. The van der Waals surface area contributed by atoms with Crippen LogP contribution in [-0.2, 0) is 14.3 Å². The Morgan fingerprint density at radius 2 is 1.78 bits per heavy atom. The van der Waals surface area contributed by atoms with Crippen molar-refractivity contribution in [2.45, 2.75) is 32.6 Å². The summed E-state index contributed by atoms with van der Waals surface area (Å²) in [7, 11) is 1.43. The molecular weight excluding hydrogens is 296 g/mol. The minimum Gasteiger partial charge on any atom is -0.469 e. The minimum atomic E-state index is -0.129. The molecule has 2 rings (SSSR count). The lowest BCUT2D eigenvalue weighted by Crippen LogP contribution is -2.47. The third-order valence-corrected chi connectivity index (χ3v) is 4.49. The summed E-state index contributed by atoms with van der Waals surface area (Å²) in [6.07, 6.45) is 3.71. The highest BCUT2D eigenvalue weighted by Gasteiger charge is 2.27. The van der Waals surface area contributed by atoms with Crippen LogP contribution in [0.25, 0.3) is 0 Å². The Morgan fingerprint density at radius 1 is 1.13 bits per heavy atom. The van der Waals surface area contributed by atoms with Crippen molar-refractivity contribution in [1.29, 1.82) is 0 Å². The Balaban J connectivity index is 1.89. The highest BCUT2D eigenvalue weighted by Crippen LogP contribution is 2.18. The molecule has 0 saturated carbocycles. The molecule has 2 aliphatic heterocycles. The second-order valence-electron chi connectivity index (χ2n) is 6.04. The number of rotatable bonds is 4. The van der Waals surface area contributed by atoms with Crippen molar-refractivity contribution in [3.8, 4) is 0 Å². The summed E-state index contributed by atoms with van der Waals surface area (Å²) < 4.78 is 4.82. The van der Waals surface area contributed by atoms with Gasteiger partial charge < -0.3 is 19.9 Å². The van der Waals surface area contributed by atoms with Crippen LogP contribution in [0, 0.1) is 5.92 Å². The number of hydrogen-bond acceptors (Lipinski definition) is 4. The van der Waals surface area contributed by atoms with E-state index in [1.165, 1.54) is 7.11 Å². The maximum absolute atomic E-state index is 12.1. The van der Waals surface area contributed by atoms with Gasteiger partial charge in [-0.1, -0.05) is 0 Å². The Kier molecular flexibility index (Phi) is 6.67. The van der Waals surface area contributed by atoms with Crippen LogP contribution in [0.4, 0.5) is 0 Å². The second kappa shape index (κ2) is 8.74. The van der Waals surface area contributed by atoms with Crippen molar-refractivity contribution in [2.24, 2.45) is 10.9 Å². The minimum absolute atomic E-state index is 0.0228. The van der Waals surface area contributed by atoms with Crippen molar-refractivity contribution in [3.63, 3.8) is 0 Å². The predicted molar refractivity (Wildman–Crippen MR) is 88.1 cm³/mol. The van der Waals surface area contributed by atoms with Crippen LogP contribution in [0.1, 0.15) is 32.6 Å². The van der Waals surface area contributed by atoms with Gasteiger partial charge in [0.1, 0.15) is 6.54 Å². The van der Waals surface area contributed by atoms with Gasteiger partial charge in [0, 0.05) is 32.7 Å². The molecule has 130 valence electrons. The van der Waals surface area contributed by atoms with Gasteiger partial charge in [-0.25, -0.2) is 4.99 Å². The monoisotopic (exact) mass is 324 g/mol. The van der Waals surface area contributed by atoms with Crippen LogP contribution in [0.3, 0.4) is 0 Å². The standard InChI is InChI=1S/C16H28N4O3/c1-3-17-16(18-12-14(21)19-8-4-5-9-19)20-10-6-13(7-11-20)15(22)23-2/h13H,3-12H2,1-2H3,(H,17,18). The molecule has 2 aliphatic rings. The quantitative estimate of drug-likeness (QED) is 0.462. The number of nitrogens with one attached hydrogen (secondary N) is 1. The molecule has 0 bridgehead atoms. The van der Waals surface area contributed by atoms with E-state index in [4.69, 9.17) is 4.74 Å². The van der Waals surface area contributed by atoms with Crippen LogP contribution in [0.5, 0.6) is 0 Å². The molecule has 0 aromatic carbocycles. The van der Waals surface area contributed by atoms with Crippen molar-refractivity contribution < 1.29 is 14.3 Å². The third kappa shape index (κ3) is 4.84. The van der Waals surface area contributed by atoms with E-state index in [1.807, 2.05) is 11.8 Å². The molecule has 0 spiro atoms. The van der Waals surface area contributed by atoms with Crippen molar-refractivity contribution in [3.05, 3.63) is 0 Å². The SMILES string of the molecule is CCNC(=NCC(=O)N1CCCC1)N1CCC(C(=O)OC)CC1. The molecule has 7 heteroatoms. The van der Waals surface area contributed by atoms with E-state index in [-0.39, 0.29) is 24.3 Å². The number of nitrogens with zero attached hydrogens (tertiary/aromatic N) is 3. The zero-order valence-corrected chi connectivity index (χ0v) is 14.2. The summed E-state index contributed by atoms with van der Waals surface area (Å²) >= 11 is 0. The molecule has 23 heavy (non-hydrogen) atoms. The predicted octanol–water partition coefficient (Wildman–Crippen LogP) is 0.459. The Bertz CT molecular complexity index is 439. The number of piperidine rings is 1. The molecule has 1 N–H and O–H groups in total. The lowest BCUT2D eigenvalue weighted by atomic mass is 9.97. The van der Waals surface area contributed by atoms with Gasteiger partial charge in [0.15, 0.2) is 5.96 Å². The Morgan fingerprint density at radius 3 is 2.35 bits per heavy atom. The smallest absolute Gasteiger partial charge is 0.308 e. The van der Waals surface area contributed by atoms with E-state index in [9.17, 15) is 9.59 Å². The lowest BCUT2D eigenvalue weighted by Gasteiger charge is -2.33. The number of carbonyl (C=O) groups is 2. The number of ether oxygens (including phenoxy) is 1. The fraction of sp³-hybridized carbons (Fsp3) is 0.812. The first-order chi connectivity index (χ1) is 11.2. The zero-order chi connectivity index (χ0) is 16.7. The van der Waals surface area contributed by atoms with Gasteiger partial charge in [-0.2, -0.15) is 0 Å². The number of aliphatic imine (C=N–C) groups is 1. The van der Waals surface area contributed by atoms with E-state index in [1.54, 1.807) is 0 Å². The van der Waals surface area contributed by atoms with Crippen LogP contribution in [0.15, 0.2) is 4.99 Å². The second-order valence-corrected chi connectivity index (χ2v) is 6.04. The van der Waals surface area contributed by atoms with Crippen LogP contribution >= 0.6 is 0 Å². The third-order valence-electron chi connectivity index (χ3n) is 4.49. The highest BCUT2D eigenvalue weighted by atomic mass is 16.5. The van der Waals surface area contributed by atoms with Gasteiger partial charge in [-0.15, -0.1) is 0 Å². The van der Waals surface area contributed by atoms with E-state index in [0.717, 1.165) is 64.4 Å². The molecule has 0 atom stereocenters. The summed E-state index contributed by atoms with van der Waals surface area (Å²) in [5.74, 6) is 0.715. The maximum atomic E-state index is 12.1. The van der Waals surface area contributed by atoms with Crippen LogP contribution in [-0.4, -0.2) is 74.0 Å². The molecule has 2 heterocycles. The summed E-state index contributed by atoms with van der Waals surface area (Å²) in [6, 6.07) is 0. The normalized spacial score (nSPS) is 19.8. The molecule has 0 aromatic rings. The molecule has 0 aliphatic carbocycles. The number of guanidine groups is 1.